The maximum absolute atomic E-state index is 9.60. The van der Waals surface area contributed by atoms with Gasteiger partial charge in [-0.1, -0.05) is 0 Å². The Morgan fingerprint density at radius 2 is 2.04 bits per heavy atom. The third kappa shape index (κ3) is 2.85. The van der Waals surface area contributed by atoms with Crippen molar-refractivity contribution in [2.45, 2.75) is 36.3 Å². The lowest BCUT2D eigenvalue weighted by molar-refractivity contribution is 0.0852. The summed E-state index contributed by atoms with van der Waals surface area (Å²) < 4.78 is 11.2. The van der Waals surface area contributed by atoms with E-state index in [0.29, 0.717) is 19.1 Å². The first kappa shape index (κ1) is 16.4. The van der Waals surface area contributed by atoms with Gasteiger partial charge in [0.2, 0.25) is 5.95 Å². The monoisotopic (exact) mass is 353 g/mol. The molecule has 1 atom stereocenters. The van der Waals surface area contributed by atoms with Crippen LogP contribution < -0.4 is 9.80 Å². The number of aliphatic hydroxyl groups is 1. The average Bonchev–Trinajstić information content (AvgIpc) is 3.01. The average molecular weight is 353 g/mol. The van der Waals surface area contributed by atoms with Gasteiger partial charge in [-0.25, -0.2) is 4.98 Å². The quantitative estimate of drug-likeness (QED) is 0.784. The zero-order chi connectivity index (χ0) is 16.7. The van der Waals surface area contributed by atoms with Crippen molar-refractivity contribution in [1.82, 2.24) is 9.97 Å². The summed E-state index contributed by atoms with van der Waals surface area (Å²) in [4.78, 5) is 15.2. The van der Waals surface area contributed by atoms with Crippen LogP contribution in [-0.4, -0.2) is 73.4 Å². The fraction of sp³-hybridized carbons (Fsp3) is 0.750. The Morgan fingerprint density at radius 3 is 2.71 bits per heavy atom. The number of aliphatic hydroxyl groups excluding tert-OH is 1. The van der Waals surface area contributed by atoms with Gasteiger partial charge < -0.3 is 19.6 Å². The van der Waals surface area contributed by atoms with Gasteiger partial charge in [0, 0.05) is 45.8 Å². The van der Waals surface area contributed by atoms with Crippen molar-refractivity contribution < 1.29 is 14.0 Å². The van der Waals surface area contributed by atoms with E-state index in [-0.39, 0.29) is 17.3 Å². The van der Waals surface area contributed by atoms with E-state index in [1.165, 1.54) is 4.90 Å². The van der Waals surface area contributed by atoms with Crippen LogP contribution in [-0.2, 0) is 26.5 Å². The summed E-state index contributed by atoms with van der Waals surface area (Å²) in [5, 5.41) is 9.60. The molecule has 3 aliphatic heterocycles. The van der Waals surface area contributed by atoms with Gasteiger partial charge in [0.1, 0.15) is 5.69 Å². The van der Waals surface area contributed by atoms with E-state index in [0.717, 1.165) is 55.7 Å². The minimum atomic E-state index is -0.257. The summed E-state index contributed by atoms with van der Waals surface area (Å²) in [6, 6.07) is 0.440. The van der Waals surface area contributed by atoms with Crippen molar-refractivity contribution in [2.24, 2.45) is 0 Å². The molecule has 8 heteroatoms. The first-order valence-corrected chi connectivity index (χ1v) is 9.89. The normalized spacial score (nSPS) is 24.8. The number of anilines is 2. The first-order chi connectivity index (χ1) is 11.7. The van der Waals surface area contributed by atoms with Crippen LogP contribution >= 0.6 is 0 Å². The molecule has 0 spiro atoms. The van der Waals surface area contributed by atoms with Crippen LogP contribution in [0.1, 0.15) is 18.5 Å². The molecule has 132 valence electrons. The van der Waals surface area contributed by atoms with Crippen molar-refractivity contribution >= 4 is 22.9 Å². The van der Waals surface area contributed by atoms with E-state index < -0.39 is 0 Å². The van der Waals surface area contributed by atoms with Crippen molar-refractivity contribution in [3.05, 3.63) is 5.69 Å². The molecular formula is C16H25N4O3S+. The molecule has 0 radical (unpaired) electrons. The maximum atomic E-state index is 9.60. The van der Waals surface area contributed by atoms with Crippen LogP contribution in [0.25, 0.3) is 0 Å². The Kier molecular flexibility index (Phi) is 4.55. The van der Waals surface area contributed by atoms with Crippen LogP contribution in [0.2, 0.25) is 0 Å². The lowest BCUT2D eigenvalue weighted by Crippen LogP contribution is -2.51. The summed E-state index contributed by atoms with van der Waals surface area (Å²) in [7, 11) is 3.90. The molecule has 4 rings (SSSR count). The second kappa shape index (κ2) is 6.67. The van der Waals surface area contributed by atoms with E-state index in [2.05, 4.69) is 16.8 Å². The summed E-state index contributed by atoms with van der Waals surface area (Å²) in [6.45, 7) is 2.86. The lowest BCUT2D eigenvalue weighted by Gasteiger charge is -2.37. The van der Waals surface area contributed by atoms with E-state index in [1.54, 1.807) is 7.11 Å². The molecule has 0 aliphatic carbocycles. The Morgan fingerprint density at radius 1 is 1.29 bits per heavy atom. The molecule has 0 saturated carbocycles. The predicted molar refractivity (Wildman–Crippen MR) is 93.7 cm³/mol. The van der Waals surface area contributed by atoms with Gasteiger partial charge in [0.25, 0.3) is 4.90 Å². The fourth-order valence-corrected chi connectivity index (χ4v) is 5.30. The van der Waals surface area contributed by atoms with Crippen LogP contribution in [0.3, 0.4) is 0 Å². The van der Waals surface area contributed by atoms with Crippen molar-refractivity contribution in [3.63, 3.8) is 0 Å². The molecule has 0 bridgehead atoms. The Bertz CT molecular complexity index is 605. The zero-order valence-electron chi connectivity index (χ0n) is 14.3. The molecule has 7 nitrogen and oxygen atoms in total. The smallest absolute Gasteiger partial charge is 0.254 e. The van der Waals surface area contributed by atoms with Gasteiger partial charge in [-0.3, -0.25) is 0 Å². The van der Waals surface area contributed by atoms with Crippen molar-refractivity contribution in [3.8, 4) is 0 Å². The number of aromatic nitrogens is 2. The van der Waals surface area contributed by atoms with Gasteiger partial charge in [-0.2, -0.15) is 9.17 Å². The molecule has 1 aromatic rings. The standard InChI is InChI=1S/C16H25N4O3S/c1-19(11-3-6-23-7-4-11)15-14-13(5-8-24(14)22-2)17-16(18-15)20-9-12(21)10-20/h11-12,21H,3-10H2,1-2H3/q+1. The largest absolute Gasteiger partial charge is 0.389 e. The summed E-state index contributed by atoms with van der Waals surface area (Å²) in [6.07, 6.45) is 2.72. The third-order valence-corrected chi connectivity index (χ3v) is 6.93. The Hall–Kier alpha value is -1.09. The second-order valence-electron chi connectivity index (χ2n) is 6.60. The topological polar surface area (TPSA) is 71.0 Å². The van der Waals surface area contributed by atoms with Gasteiger partial charge in [0.15, 0.2) is 22.7 Å². The number of ether oxygens (including phenoxy) is 1. The highest BCUT2D eigenvalue weighted by Crippen LogP contribution is 2.37. The highest BCUT2D eigenvalue weighted by molar-refractivity contribution is 7.92. The zero-order valence-corrected chi connectivity index (χ0v) is 15.1. The van der Waals surface area contributed by atoms with Crippen LogP contribution in [0.4, 0.5) is 11.8 Å². The number of nitrogens with zero attached hydrogens (tertiary/aromatic N) is 4. The number of β-amino-alcohol motifs (C(OH)–C–C–N with tert-alkyl or cyclic N) is 1. The second-order valence-corrected chi connectivity index (χ2v) is 8.44. The number of fused-ring (bicyclic) bond motifs is 1. The molecule has 4 heterocycles. The minimum Gasteiger partial charge on any atom is -0.389 e. The number of hydrogen-bond acceptors (Lipinski definition) is 7. The molecule has 1 aromatic heterocycles. The molecule has 1 unspecified atom stereocenters. The molecule has 2 fully saturated rings. The maximum Gasteiger partial charge on any atom is 0.254 e. The lowest BCUT2D eigenvalue weighted by atomic mass is 10.1. The summed E-state index contributed by atoms with van der Waals surface area (Å²) >= 11 is -0.224. The van der Waals surface area contributed by atoms with Crippen LogP contribution in [0, 0.1) is 0 Å². The molecule has 3 aliphatic rings. The first-order valence-electron chi connectivity index (χ1n) is 8.57. The van der Waals surface area contributed by atoms with E-state index in [1.807, 2.05) is 0 Å². The predicted octanol–water partition coefficient (Wildman–Crippen LogP) is 0.367. The Labute approximate surface area is 145 Å². The van der Waals surface area contributed by atoms with Gasteiger partial charge in [-0.05, 0) is 12.8 Å². The fourth-order valence-electron chi connectivity index (χ4n) is 3.58. The van der Waals surface area contributed by atoms with Crippen LogP contribution in [0.5, 0.6) is 0 Å². The molecule has 0 aromatic carbocycles. The summed E-state index contributed by atoms with van der Waals surface area (Å²) in [5.74, 6) is 2.74. The van der Waals surface area contributed by atoms with Crippen molar-refractivity contribution in [1.29, 1.82) is 0 Å². The van der Waals surface area contributed by atoms with Gasteiger partial charge in [-0.15, -0.1) is 0 Å². The molecule has 24 heavy (non-hydrogen) atoms. The minimum absolute atomic E-state index is 0.224. The van der Waals surface area contributed by atoms with Crippen LogP contribution in [0.15, 0.2) is 4.90 Å². The SMILES string of the molecule is CO[S+]1CCc2nc(N3CC(O)C3)nc(N(C)C3CCOCC3)c21. The molecular weight excluding hydrogens is 328 g/mol. The molecule has 2 saturated heterocycles. The summed E-state index contributed by atoms with van der Waals surface area (Å²) in [5.41, 5.74) is 1.11. The Balaban J connectivity index is 1.69. The third-order valence-electron chi connectivity index (χ3n) is 5.08. The van der Waals surface area contributed by atoms with E-state index in [4.69, 9.17) is 18.9 Å². The highest BCUT2D eigenvalue weighted by Gasteiger charge is 2.42. The van der Waals surface area contributed by atoms with E-state index in [9.17, 15) is 5.11 Å². The molecule has 1 N–H and O–H groups in total. The highest BCUT2D eigenvalue weighted by atomic mass is 32.2. The molecule has 0 amide bonds. The number of rotatable bonds is 4. The van der Waals surface area contributed by atoms with Crippen molar-refractivity contribution in [2.75, 3.05) is 56.0 Å². The number of hydrogen-bond donors (Lipinski definition) is 1. The number of aryl methyl sites for hydroxylation is 1. The van der Waals surface area contributed by atoms with E-state index >= 15 is 0 Å². The van der Waals surface area contributed by atoms with Gasteiger partial charge >= 0.3 is 0 Å². The van der Waals surface area contributed by atoms with Gasteiger partial charge in [0.05, 0.1) is 13.2 Å².